The van der Waals surface area contributed by atoms with Crippen molar-refractivity contribution >= 4 is 23.1 Å². The average Bonchev–Trinajstić information content (AvgIpc) is 2.47. The summed E-state index contributed by atoms with van der Waals surface area (Å²) in [5.41, 5.74) is -0.873. The maximum Gasteiger partial charge on any atom is 0.416 e. The molecular weight excluding hydrogens is 299 g/mol. The highest BCUT2D eigenvalue weighted by molar-refractivity contribution is 5.98. The minimum Gasteiger partial charge on any atom is -0.274 e. The standard InChI is InChI=1S/C14H10F3N3O2/c1-9(21)20(13-8-11(19-22)5-6-18-13)12-4-2-3-10(7-12)14(15,16)17/h2-8H,1H3. The van der Waals surface area contributed by atoms with Gasteiger partial charge in [0.05, 0.1) is 11.3 Å². The first-order valence-corrected chi connectivity index (χ1v) is 6.10. The lowest BCUT2D eigenvalue weighted by Gasteiger charge is -2.21. The Morgan fingerprint density at radius 2 is 1.95 bits per heavy atom. The van der Waals surface area contributed by atoms with E-state index < -0.39 is 17.6 Å². The first-order chi connectivity index (χ1) is 10.3. The van der Waals surface area contributed by atoms with E-state index in [0.29, 0.717) is 0 Å². The van der Waals surface area contributed by atoms with E-state index in [1.54, 1.807) is 0 Å². The van der Waals surface area contributed by atoms with Crippen LogP contribution in [0.2, 0.25) is 0 Å². The number of nitrogens with zero attached hydrogens (tertiary/aromatic N) is 3. The van der Waals surface area contributed by atoms with Crippen LogP contribution in [0.3, 0.4) is 0 Å². The second-order valence-corrected chi connectivity index (χ2v) is 4.37. The number of amides is 1. The van der Waals surface area contributed by atoms with Crippen molar-refractivity contribution in [1.82, 2.24) is 4.98 Å². The highest BCUT2D eigenvalue weighted by Gasteiger charge is 2.31. The molecule has 0 fully saturated rings. The Morgan fingerprint density at radius 3 is 2.55 bits per heavy atom. The number of nitroso groups, excluding NO2 is 1. The van der Waals surface area contributed by atoms with Gasteiger partial charge in [-0.3, -0.25) is 9.69 Å². The Hall–Kier alpha value is -2.77. The molecule has 1 aromatic heterocycles. The van der Waals surface area contributed by atoms with Crippen LogP contribution in [0.15, 0.2) is 47.8 Å². The van der Waals surface area contributed by atoms with Gasteiger partial charge in [-0.15, -0.1) is 4.91 Å². The van der Waals surface area contributed by atoms with E-state index in [0.717, 1.165) is 17.0 Å². The second-order valence-electron chi connectivity index (χ2n) is 4.37. The van der Waals surface area contributed by atoms with Crippen molar-refractivity contribution in [2.75, 3.05) is 4.90 Å². The highest BCUT2D eigenvalue weighted by Crippen LogP contribution is 2.34. The van der Waals surface area contributed by atoms with Crippen molar-refractivity contribution in [1.29, 1.82) is 0 Å². The third-order valence-electron chi connectivity index (χ3n) is 2.81. The first-order valence-electron chi connectivity index (χ1n) is 6.10. The summed E-state index contributed by atoms with van der Waals surface area (Å²) in [7, 11) is 0. The van der Waals surface area contributed by atoms with E-state index in [1.807, 2.05) is 0 Å². The summed E-state index contributed by atoms with van der Waals surface area (Å²) < 4.78 is 38.3. The van der Waals surface area contributed by atoms with Gasteiger partial charge in [-0.05, 0) is 29.4 Å². The molecule has 0 aliphatic heterocycles. The molecule has 0 bridgehead atoms. The van der Waals surface area contributed by atoms with E-state index in [1.165, 1.54) is 37.4 Å². The summed E-state index contributed by atoms with van der Waals surface area (Å²) in [6.07, 6.45) is -3.28. The zero-order chi connectivity index (χ0) is 16.3. The van der Waals surface area contributed by atoms with Crippen molar-refractivity contribution in [3.8, 4) is 0 Å². The number of hydrogen-bond acceptors (Lipinski definition) is 4. The molecule has 0 saturated carbocycles. The fraction of sp³-hybridized carbons (Fsp3) is 0.143. The van der Waals surface area contributed by atoms with Gasteiger partial charge in [0.2, 0.25) is 5.91 Å². The molecule has 1 heterocycles. The Morgan fingerprint density at radius 1 is 1.23 bits per heavy atom. The number of carbonyl (C=O) groups excluding carboxylic acids is 1. The molecule has 0 radical (unpaired) electrons. The fourth-order valence-electron chi connectivity index (χ4n) is 1.88. The smallest absolute Gasteiger partial charge is 0.274 e. The van der Waals surface area contributed by atoms with Crippen LogP contribution in [0, 0.1) is 4.91 Å². The van der Waals surface area contributed by atoms with Crippen molar-refractivity contribution in [2.24, 2.45) is 5.18 Å². The number of aromatic nitrogens is 1. The van der Waals surface area contributed by atoms with Gasteiger partial charge in [0.15, 0.2) is 0 Å². The molecule has 114 valence electrons. The Labute approximate surface area is 123 Å². The van der Waals surface area contributed by atoms with E-state index >= 15 is 0 Å². The lowest BCUT2D eigenvalue weighted by atomic mass is 10.1. The predicted molar refractivity (Wildman–Crippen MR) is 74.0 cm³/mol. The molecule has 1 aromatic carbocycles. The highest BCUT2D eigenvalue weighted by atomic mass is 19.4. The monoisotopic (exact) mass is 309 g/mol. The van der Waals surface area contributed by atoms with Gasteiger partial charge in [0.25, 0.3) is 0 Å². The maximum atomic E-state index is 12.8. The number of rotatable bonds is 3. The molecule has 2 aromatic rings. The van der Waals surface area contributed by atoms with Crippen molar-refractivity contribution in [2.45, 2.75) is 13.1 Å². The summed E-state index contributed by atoms with van der Waals surface area (Å²) in [6, 6.07) is 6.81. The molecule has 0 spiro atoms. The van der Waals surface area contributed by atoms with E-state index in [4.69, 9.17) is 0 Å². The van der Waals surface area contributed by atoms with Crippen molar-refractivity contribution < 1.29 is 18.0 Å². The maximum absolute atomic E-state index is 12.8. The van der Waals surface area contributed by atoms with Gasteiger partial charge < -0.3 is 0 Å². The predicted octanol–water partition coefficient (Wildman–Crippen LogP) is 4.18. The second kappa shape index (κ2) is 5.92. The van der Waals surface area contributed by atoms with Crippen LogP contribution < -0.4 is 4.90 Å². The molecule has 0 N–H and O–H groups in total. The summed E-state index contributed by atoms with van der Waals surface area (Å²) in [4.78, 5) is 27.2. The van der Waals surface area contributed by atoms with Gasteiger partial charge in [-0.25, -0.2) is 4.98 Å². The number of hydrogen-bond donors (Lipinski definition) is 0. The molecular formula is C14H10F3N3O2. The van der Waals surface area contributed by atoms with E-state index in [9.17, 15) is 22.9 Å². The topological polar surface area (TPSA) is 62.6 Å². The Kier molecular flexibility index (Phi) is 4.20. The number of pyridine rings is 1. The van der Waals surface area contributed by atoms with Crippen LogP contribution >= 0.6 is 0 Å². The lowest BCUT2D eigenvalue weighted by Crippen LogP contribution is -2.24. The van der Waals surface area contributed by atoms with Gasteiger partial charge in [0.1, 0.15) is 11.5 Å². The average molecular weight is 309 g/mol. The third-order valence-corrected chi connectivity index (χ3v) is 2.81. The quantitative estimate of drug-likeness (QED) is 0.799. The number of benzene rings is 1. The molecule has 0 aliphatic rings. The van der Waals surface area contributed by atoms with Crippen LogP contribution in [0.5, 0.6) is 0 Å². The first kappa shape index (κ1) is 15.6. The zero-order valence-corrected chi connectivity index (χ0v) is 11.3. The van der Waals surface area contributed by atoms with Gasteiger partial charge in [-0.2, -0.15) is 13.2 Å². The van der Waals surface area contributed by atoms with Gasteiger partial charge in [0, 0.05) is 19.2 Å². The normalized spacial score (nSPS) is 11.1. The number of alkyl halides is 3. The zero-order valence-electron chi connectivity index (χ0n) is 11.3. The van der Waals surface area contributed by atoms with Crippen LogP contribution in [-0.2, 0) is 11.0 Å². The summed E-state index contributed by atoms with van der Waals surface area (Å²) in [5.74, 6) is -0.529. The minimum atomic E-state index is -4.53. The van der Waals surface area contributed by atoms with Crippen molar-refractivity contribution in [3.63, 3.8) is 0 Å². The number of carbonyl (C=O) groups is 1. The van der Waals surface area contributed by atoms with Crippen molar-refractivity contribution in [3.05, 3.63) is 53.1 Å². The molecule has 0 aliphatic carbocycles. The Bertz CT molecular complexity index is 716. The van der Waals surface area contributed by atoms with E-state index in [-0.39, 0.29) is 17.2 Å². The van der Waals surface area contributed by atoms with Gasteiger partial charge in [-0.1, -0.05) is 6.07 Å². The molecule has 22 heavy (non-hydrogen) atoms. The number of anilines is 2. The van der Waals surface area contributed by atoms with Crippen LogP contribution in [0.25, 0.3) is 0 Å². The summed E-state index contributed by atoms with van der Waals surface area (Å²) in [6.45, 7) is 1.18. The van der Waals surface area contributed by atoms with Crippen LogP contribution in [0.1, 0.15) is 12.5 Å². The third kappa shape index (κ3) is 3.27. The minimum absolute atomic E-state index is 0.00197. The SMILES string of the molecule is CC(=O)N(c1cccc(C(F)(F)F)c1)c1cc(N=O)ccn1. The number of halogens is 3. The van der Waals surface area contributed by atoms with Crippen LogP contribution in [-0.4, -0.2) is 10.9 Å². The lowest BCUT2D eigenvalue weighted by molar-refractivity contribution is -0.137. The summed E-state index contributed by atoms with van der Waals surface area (Å²) >= 11 is 0. The molecule has 2 rings (SSSR count). The molecule has 1 amide bonds. The molecule has 5 nitrogen and oxygen atoms in total. The molecule has 0 saturated heterocycles. The molecule has 8 heteroatoms. The van der Waals surface area contributed by atoms with Gasteiger partial charge >= 0.3 is 6.18 Å². The Balaban J connectivity index is 2.53. The summed E-state index contributed by atoms with van der Waals surface area (Å²) in [5, 5.41) is 2.72. The fourth-order valence-corrected chi connectivity index (χ4v) is 1.88. The van der Waals surface area contributed by atoms with E-state index in [2.05, 4.69) is 10.2 Å². The molecule has 0 atom stereocenters. The molecule has 0 unspecified atom stereocenters. The largest absolute Gasteiger partial charge is 0.416 e. The van der Waals surface area contributed by atoms with Crippen LogP contribution in [0.4, 0.5) is 30.4 Å².